The van der Waals surface area contributed by atoms with Crippen LogP contribution in [0.15, 0.2) is 10.6 Å². The molecule has 2 heterocycles. The predicted molar refractivity (Wildman–Crippen MR) is 93.0 cm³/mol. The average molecular weight is 338 g/mol. The molecular formula is C17H30N4O3. The molecule has 1 aliphatic heterocycles. The van der Waals surface area contributed by atoms with E-state index in [1.807, 2.05) is 6.92 Å². The lowest BCUT2D eigenvalue weighted by atomic mass is 10.1. The van der Waals surface area contributed by atoms with Gasteiger partial charge in [-0.25, -0.2) is 0 Å². The second-order valence-electron chi connectivity index (χ2n) is 6.32. The van der Waals surface area contributed by atoms with Crippen molar-refractivity contribution in [2.75, 3.05) is 45.2 Å². The lowest BCUT2D eigenvalue weighted by Crippen LogP contribution is -2.58. The van der Waals surface area contributed by atoms with E-state index in [-0.39, 0.29) is 11.9 Å². The monoisotopic (exact) mass is 338 g/mol. The zero-order valence-corrected chi connectivity index (χ0v) is 15.2. The molecule has 0 aliphatic carbocycles. The molecule has 1 amide bonds. The number of aryl methyl sites for hydroxylation is 1. The summed E-state index contributed by atoms with van der Waals surface area (Å²) in [5.74, 6) is 1.17. The summed E-state index contributed by atoms with van der Waals surface area (Å²) in [6.07, 6.45) is 1.85. The van der Waals surface area contributed by atoms with Gasteiger partial charge in [0, 0.05) is 45.4 Å². The molecule has 0 saturated carbocycles. The maximum atomic E-state index is 12.6. The van der Waals surface area contributed by atoms with Crippen molar-refractivity contribution in [3.05, 3.63) is 11.8 Å². The Balaban J connectivity index is 1.96. The van der Waals surface area contributed by atoms with Gasteiger partial charge in [-0.3, -0.25) is 14.6 Å². The summed E-state index contributed by atoms with van der Waals surface area (Å²) in [4.78, 5) is 17.4. The van der Waals surface area contributed by atoms with E-state index in [1.165, 1.54) is 0 Å². The number of aromatic nitrogens is 1. The normalized spacial score (nSPS) is 20.9. The molecule has 1 N–H and O–H groups in total. The van der Waals surface area contributed by atoms with Crippen LogP contribution in [-0.2, 0) is 9.53 Å². The molecule has 0 bridgehead atoms. The standard InChI is InChI=1S/C17H30N4O3/c1-5-14-12-21(8-7-20(14)9-10-23-4)15(6-2)17(22)18-16-11-13(3)24-19-16/h11,14-15H,5-10,12H2,1-4H3,(H,18,19,22). The molecule has 1 aromatic heterocycles. The van der Waals surface area contributed by atoms with Gasteiger partial charge in [-0.2, -0.15) is 0 Å². The Morgan fingerprint density at radius 1 is 1.50 bits per heavy atom. The predicted octanol–water partition coefficient (Wildman–Crippen LogP) is 1.74. The minimum Gasteiger partial charge on any atom is -0.383 e. The fraction of sp³-hybridized carbons (Fsp3) is 0.765. The Morgan fingerprint density at radius 2 is 2.29 bits per heavy atom. The number of anilines is 1. The number of hydrogen-bond donors (Lipinski definition) is 1. The van der Waals surface area contributed by atoms with Crippen LogP contribution in [0.5, 0.6) is 0 Å². The number of carbonyl (C=O) groups is 1. The van der Waals surface area contributed by atoms with Crippen LogP contribution in [0, 0.1) is 6.92 Å². The fourth-order valence-electron chi connectivity index (χ4n) is 3.33. The number of piperazine rings is 1. The number of methoxy groups -OCH3 is 1. The molecule has 1 fully saturated rings. The maximum absolute atomic E-state index is 12.6. The molecule has 1 saturated heterocycles. The zero-order valence-electron chi connectivity index (χ0n) is 15.2. The van der Waals surface area contributed by atoms with Crippen LogP contribution in [-0.4, -0.2) is 72.8 Å². The molecule has 136 valence electrons. The summed E-state index contributed by atoms with van der Waals surface area (Å²) in [7, 11) is 1.74. The molecule has 24 heavy (non-hydrogen) atoms. The smallest absolute Gasteiger partial charge is 0.242 e. The van der Waals surface area contributed by atoms with Gasteiger partial charge in [0.15, 0.2) is 5.82 Å². The van der Waals surface area contributed by atoms with Crippen molar-refractivity contribution in [2.24, 2.45) is 0 Å². The summed E-state index contributed by atoms with van der Waals surface area (Å²) in [5, 5.41) is 6.72. The third kappa shape index (κ3) is 4.78. The number of nitrogens with one attached hydrogen (secondary N) is 1. The van der Waals surface area contributed by atoms with Gasteiger partial charge >= 0.3 is 0 Å². The lowest BCUT2D eigenvalue weighted by molar-refractivity contribution is -0.122. The molecule has 0 aromatic carbocycles. The van der Waals surface area contributed by atoms with Crippen molar-refractivity contribution in [2.45, 2.75) is 45.7 Å². The number of rotatable bonds is 8. The van der Waals surface area contributed by atoms with Gasteiger partial charge in [0.1, 0.15) is 5.76 Å². The summed E-state index contributed by atoms with van der Waals surface area (Å²) in [6.45, 7) is 10.5. The Morgan fingerprint density at radius 3 is 2.88 bits per heavy atom. The largest absolute Gasteiger partial charge is 0.383 e. The van der Waals surface area contributed by atoms with E-state index in [0.29, 0.717) is 17.6 Å². The van der Waals surface area contributed by atoms with Crippen molar-refractivity contribution >= 4 is 11.7 Å². The number of amides is 1. The first kappa shape index (κ1) is 18.9. The van der Waals surface area contributed by atoms with Gasteiger partial charge in [-0.15, -0.1) is 0 Å². The van der Waals surface area contributed by atoms with Crippen molar-refractivity contribution in [1.29, 1.82) is 0 Å². The highest BCUT2D eigenvalue weighted by molar-refractivity contribution is 5.94. The number of carbonyl (C=O) groups excluding carboxylic acids is 1. The van der Waals surface area contributed by atoms with Gasteiger partial charge in [-0.05, 0) is 19.8 Å². The maximum Gasteiger partial charge on any atom is 0.242 e. The Labute approximate surface area is 144 Å². The van der Waals surface area contributed by atoms with Crippen LogP contribution in [0.4, 0.5) is 5.82 Å². The highest BCUT2D eigenvalue weighted by atomic mass is 16.5. The minimum absolute atomic E-state index is 0.00834. The van der Waals surface area contributed by atoms with Crippen molar-refractivity contribution in [3.8, 4) is 0 Å². The third-order valence-electron chi connectivity index (χ3n) is 4.70. The molecule has 2 unspecified atom stereocenters. The SMILES string of the molecule is CCC1CN(C(CC)C(=O)Nc2cc(C)on2)CCN1CCOC. The van der Waals surface area contributed by atoms with E-state index in [2.05, 4.69) is 34.1 Å². The van der Waals surface area contributed by atoms with Crippen LogP contribution in [0.25, 0.3) is 0 Å². The molecule has 1 aliphatic rings. The van der Waals surface area contributed by atoms with Crippen LogP contribution in [0.3, 0.4) is 0 Å². The molecule has 2 atom stereocenters. The van der Waals surface area contributed by atoms with Crippen LogP contribution < -0.4 is 5.32 Å². The van der Waals surface area contributed by atoms with E-state index in [0.717, 1.165) is 45.6 Å². The first-order valence-electron chi connectivity index (χ1n) is 8.80. The molecule has 0 spiro atoms. The number of hydrogen-bond acceptors (Lipinski definition) is 6. The quantitative estimate of drug-likeness (QED) is 0.778. The second-order valence-corrected chi connectivity index (χ2v) is 6.32. The van der Waals surface area contributed by atoms with Crippen LogP contribution >= 0.6 is 0 Å². The topological polar surface area (TPSA) is 70.8 Å². The Hall–Kier alpha value is -1.44. The molecule has 0 radical (unpaired) electrons. The highest BCUT2D eigenvalue weighted by Gasteiger charge is 2.32. The Kier molecular flexibility index (Phi) is 7.20. The molecule has 7 heteroatoms. The number of ether oxygens (including phenoxy) is 1. The summed E-state index contributed by atoms with van der Waals surface area (Å²) >= 11 is 0. The summed E-state index contributed by atoms with van der Waals surface area (Å²) in [5.41, 5.74) is 0. The van der Waals surface area contributed by atoms with E-state index >= 15 is 0 Å². The Bertz CT molecular complexity index is 520. The van der Waals surface area contributed by atoms with Crippen LogP contribution in [0.1, 0.15) is 32.4 Å². The summed E-state index contributed by atoms with van der Waals surface area (Å²) < 4.78 is 10.2. The van der Waals surface area contributed by atoms with Gasteiger partial charge in [-0.1, -0.05) is 19.0 Å². The van der Waals surface area contributed by atoms with Crippen molar-refractivity contribution in [1.82, 2.24) is 15.0 Å². The van der Waals surface area contributed by atoms with Crippen molar-refractivity contribution < 1.29 is 14.1 Å². The van der Waals surface area contributed by atoms with Gasteiger partial charge < -0.3 is 14.6 Å². The zero-order chi connectivity index (χ0) is 17.5. The van der Waals surface area contributed by atoms with E-state index in [9.17, 15) is 4.79 Å². The highest BCUT2D eigenvalue weighted by Crippen LogP contribution is 2.18. The molecular weight excluding hydrogens is 308 g/mol. The molecule has 7 nitrogen and oxygen atoms in total. The summed E-state index contributed by atoms with van der Waals surface area (Å²) in [6, 6.07) is 2.06. The van der Waals surface area contributed by atoms with Gasteiger partial charge in [0.2, 0.25) is 5.91 Å². The second kappa shape index (κ2) is 9.15. The van der Waals surface area contributed by atoms with Crippen molar-refractivity contribution in [3.63, 3.8) is 0 Å². The van der Waals surface area contributed by atoms with E-state index in [1.54, 1.807) is 13.2 Å². The number of nitrogens with zero attached hydrogens (tertiary/aromatic N) is 3. The minimum atomic E-state index is -0.138. The first-order chi connectivity index (χ1) is 11.6. The average Bonchev–Trinajstić information content (AvgIpc) is 2.98. The van der Waals surface area contributed by atoms with Gasteiger partial charge in [0.25, 0.3) is 0 Å². The third-order valence-corrected chi connectivity index (χ3v) is 4.70. The molecule has 2 rings (SSSR count). The molecule has 1 aromatic rings. The van der Waals surface area contributed by atoms with E-state index in [4.69, 9.17) is 9.26 Å². The first-order valence-corrected chi connectivity index (χ1v) is 8.80. The lowest BCUT2D eigenvalue weighted by Gasteiger charge is -2.43. The van der Waals surface area contributed by atoms with Crippen LogP contribution in [0.2, 0.25) is 0 Å². The van der Waals surface area contributed by atoms with E-state index < -0.39 is 0 Å². The fourth-order valence-corrected chi connectivity index (χ4v) is 3.33. The van der Waals surface area contributed by atoms with Gasteiger partial charge in [0.05, 0.1) is 12.6 Å².